The van der Waals surface area contributed by atoms with Crippen LogP contribution in [0.15, 0.2) is 18.2 Å². The monoisotopic (exact) mass is 224 g/mol. The summed E-state index contributed by atoms with van der Waals surface area (Å²) in [4.78, 5) is 11.5. The van der Waals surface area contributed by atoms with Crippen LogP contribution in [0.2, 0.25) is 0 Å². The average Bonchev–Trinajstić information content (AvgIpc) is 2.27. The van der Waals surface area contributed by atoms with Crippen LogP contribution in [-0.4, -0.2) is 25.3 Å². The van der Waals surface area contributed by atoms with E-state index < -0.39 is 11.6 Å². The number of esters is 1. The van der Waals surface area contributed by atoms with Gasteiger partial charge in [-0.2, -0.15) is 0 Å². The summed E-state index contributed by atoms with van der Waals surface area (Å²) < 4.78 is 9.68. The Hall–Kier alpha value is -1.55. The normalized spacial score (nSPS) is 14.1. The summed E-state index contributed by atoms with van der Waals surface area (Å²) >= 11 is 0. The number of carbonyl (C=O) groups excluding carboxylic acids is 1. The highest BCUT2D eigenvalue weighted by Gasteiger charge is 2.36. The van der Waals surface area contributed by atoms with E-state index in [0.717, 1.165) is 5.56 Å². The number of methoxy groups -OCH3 is 2. The molecule has 1 aromatic rings. The third kappa shape index (κ3) is 2.17. The Morgan fingerprint density at radius 3 is 2.50 bits per heavy atom. The summed E-state index contributed by atoms with van der Waals surface area (Å²) in [5.41, 5.74) is -0.367. The van der Waals surface area contributed by atoms with E-state index in [1.807, 2.05) is 13.0 Å². The Labute approximate surface area is 94.8 Å². The fraction of sp³-hybridized carbons (Fsp3) is 0.417. The second kappa shape index (κ2) is 4.53. The molecule has 1 atom stereocenters. The van der Waals surface area contributed by atoms with Crippen molar-refractivity contribution >= 4 is 5.97 Å². The van der Waals surface area contributed by atoms with Crippen molar-refractivity contribution in [3.63, 3.8) is 0 Å². The summed E-state index contributed by atoms with van der Waals surface area (Å²) in [5.74, 6) is -0.252. The Bertz CT molecular complexity index is 396. The van der Waals surface area contributed by atoms with Gasteiger partial charge in [0.15, 0.2) is 5.60 Å². The van der Waals surface area contributed by atoms with Gasteiger partial charge in [0.1, 0.15) is 5.75 Å². The van der Waals surface area contributed by atoms with Crippen molar-refractivity contribution in [1.82, 2.24) is 0 Å². The molecule has 0 fully saturated rings. The lowest BCUT2D eigenvalue weighted by Crippen LogP contribution is -2.33. The Balaban J connectivity index is 3.30. The maximum Gasteiger partial charge on any atom is 0.342 e. The second-order valence-corrected chi connectivity index (χ2v) is 3.77. The molecule has 0 aliphatic rings. The van der Waals surface area contributed by atoms with Crippen LogP contribution in [0.3, 0.4) is 0 Å². The van der Waals surface area contributed by atoms with Crippen molar-refractivity contribution in [1.29, 1.82) is 0 Å². The summed E-state index contributed by atoms with van der Waals surface area (Å²) in [6.45, 7) is 3.26. The molecule has 0 saturated carbocycles. The van der Waals surface area contributed by atoms with E-state index in [4.69, 9.17) is 4.74 Å². The molecule has 0 amide bonds. The lowest BCUT2D eigenvalue weighted by molar-refractivity contribution is -0.161. The van der Waals surface area contributed by atoms with Crippen LogP contribution in [0.1, 0.15) is 18.1 Å². The number of benzene rings is 1. The molecule has 4 heteroatoms. The van der Waals surface area contributed by atoms with Crippen molar-refractivity contribution in [2.24, 2.45) is 0 Å². The average molecular weight is 224 g/mol. The molecular formula is C12H16O4. The minimum atomic E-state index is -1.70. The Kier molecular flexibility index (Phi) is 3.55. The molecule has 0 spiro atoms. The first-order chi connectivity index (χ1) is 7.43. The Morgan fingerprint density at radius 2 is 2.00 bits per heavy atom. The molecule has 4 nitrogen and oxygen atoms in total. The van der Waals surface area contributed by atoms with Gasteiger partial charge in [-0.1, -0.05) is 11.6 Å². The number of hydrogen-bond donors (Lipinski definition) is 1. The molecule has 0 saturated heterocycles. The molecular weight excluding hydrogens is 208 g/mol. The van der Waals surface area contributed by atoms with Gasteiger partial charge in [-0.25, -0.2) is 4.79 Å². The van der Waals surface area contributed by atoms with Crippen molar-refractivity contribution < 1.29 is 19.4 Å². The van der Waals surface area contributed by atoms with Gasteiger partial charge in [0.2, 0.25) is 0 Å². The molecule has 1 N–H and O–H groups in total. The van der Waals surface area contributed by atoms with Crippen LogP contribution in [0.4, 0.5) is 0 Å². The number of carbonyl (C=O) groups is 1. The van der Waals surface area contributed by atoms with E-state index in [9.17, 15) is 9.90 Å². The van der Waals surface area contributed by atoms with Gasteiger partial charge in [-0.15, -0.1) is 0 Å². The first-order valence-electron chi connectivity index (χ1n) is 4.89. The molecule has 0 aliphatic carbocycles. The maximum atomic E-state index is 11.5. The van der Waals surface area contributed by atoms with E-state index in [-0.39, 0.29) is 0 Å². The molecule has 1 unspecified atom stereocenters. The molecule has 0 bridgehead atoms. The van der Waals surface area contributed by atoms with Gasteiger partial charge in [-0.05, 0) is 26.0 Å². The van der Waals surface area contributed by atoms with Gasteiger partial charge < -0.3 is 14.6 Å². The third-order valence-corrected chi connectivity index (χ3v) is 2.46. The van der Waals surface area contributed by atoms with Crippen LogP contribution < -0.4 is 4.74 Å². The Morgan fingerprint density at radius 1 is 1.38 bits per heavy atom. The minimum Gasteiger partial charge on any atom is -0.496 e. The molecule has 1 rings (SSSR count). The van der Waals surface area contributed by atoms with Crippen LogP contribution in [0.25, 0.3) is 0 Å². The molecule has 0 aromatic heterocycles. The van der Waals surface area contributed by atoms with Gasteiger partial charge >= 0.3 is 5.97 Å². The van der Waals surface area contributed by atoms with Crippen LogP contribution in [-0.2, 0) is 15.1 Å². The predicted molar refractivity (Wildman–Crippen MR) is 59.3 cm³/mol. The molecule has 88 valence electrons. The van der Waals surface area contributed by atoms with Crippen LogP contribution in [0, 0.1) is 6.92 Å². The molecule has 1 aromatic carbocycles. The van der Waals surface area contributed by atoms with Crippen LogP contribution >= 0.6 is 0 Å². The second-order valence-electron chi connectivity index (χ2n) is 3.77. The van der Waals surface area contributed by atoms with E-state index in [2.05, 4.69) is 4.74 Å². The van der Waals surface area contributed by atoms with Crippen LogP contribution in [0.5, 0.6) is 5.75 Å². The number of aryl methyl sites for hydroxylation is 1. The van der Waals surface area contributed by atoms with E-state index in [1.165, 1.54) is 21.1 Å². The van der Waals surface area contributed by atoms with Gasteiger partial charge in [0.05, 0.1) is 14.2 Å². The van der Waals surface area contributed by atoms with Crippen molar-refractivity contribution in [2.45, 2.75) is 19.4 Å². The van der Waals surface area contributed by atoms with E-state index in [1.54, 1.807) is 12.1 Å². The van der Waals surface area contributed by atoms with Crippen molar-refractivity contribution in [3.8, 4) is 5.75 Å². The summed E-state index contributed by atoms with van der Waals surface area (Å²) in [7, 11) is 2.72. The maximum absolute atomic E-state index is 11.5. The zero-order valence-electron chi connectivity index (χ0n) is 9.90. The van der Waals surface area contributed by atoms with Gasteiger partial charge in [0.25, 0.3) is 0 Å². The lowest BCUT2D eigenvalue weighted by Gasteiger charge is -2.23. The standard InChI is InChI=1S/C12H16O4/c1-8-5-6-10(15-3)9(7-8)12(2,14)11(13)16-4/h5-7,14H,1-4H3. The summed E-state index contributed by atoms with van der Waals surface area (Å²) in [5, 5.41) is 10.1. The fourth-order valence-electron chi connectivity index (χ4n) is 1.51. The number of ether oxygens (including phenoxy) is 2. The highest BCUT2D eigenvalue weighted by Crippen LogP contribution is 2.31. The highest BCUT2D eigenvalue weighted by atomic mass is 16.5. The smallest absolute Gasteiger partial charge is 0.342 e. The van der Waals surface area contributed by atoms with Gasteiger partial charge in [-0.3, -0.25) is 0 Å². The zero-order chi connectivity index (χ0) is 12.3. The molecule has 0 aliphatic heterocycles. The zero-order valence-corrected chi connectivity index (χ0v) is 9.90. The number of aliphatic hydroxyl groups is 1. The SMILES string of the molecule is COC(=O)C(C)(O)c1cc(C)ccc1OC. The lowest BCUT2D eigenvalue weighted by atomic mass is 9.93. The number of hydrogen-bond acceptors (Lipinski definition) is 4. The molecule has 16 heavy (non-hydrogen) atoms. The molecule has 0 radical (unpaired) electrons. The third-order valence-electron chi connectivity index (χ3n) is 2.46. The fourth-order valence-corrected chi connectivity index (χ4v) is 1.51. The first kappa shape index (κ1) is 12.5. The minimum absolute atomic E-state index is 0.404. The van der Waals surface area contributed by atoms with Crippen molar-refractivity contribution in [2.75, 3.05) is 14.2 Å². The summed E-state index contributed by atoms with van der Waals surface area (Å²) in [6.07, 6.45) is 0. The first-order valence-corrected chi connectivity index (χ1v) is 4.89. The molecule has 0 heterocycles. The van der Waals surface area contributed by atoms with E-state index in [0.29, 0.717) is 11.3 Å². The van der Waals surface area contributed by atoms with Gasteiger partial charge in [0, 0.05) is 5.56 Å². The topological polar surface area (TPSA) is 55.8 Å². The predicted octanol–water partition coefficient (Wildman–Crippen LogP) is 1.38. The highest BCUT2D eigenvalue weighted by molar-refractivity contribution is 5.81. The van der Waals surface area contributed by atoms with Crippen molar-refractivity contribution in [3.05, 3.63) is 29.3 Å². The quantitative estimate of drug-likeness (QED) is 0.788. The number of rotatable bonds is 3. The van der Waals surface area contributed by atoms with E-state index >= 15 is 0 Å². The summed E-state index contributed by atoms with van der Waals surface area (Å²) in [6, 6.07) is 5.26. The largest absolute Gasteiger partial charge is 0.496 e.